The monoisotopic (exact) mass is 194 g/mol. The van der Waals surface area contributed by atoms with Gasteiger partial charge in [0, 0.05) is 5.92 Å². The summed E-state index contributed by atoms with van der Waals surface area (Å²) in [4.78, 5) is 11.3. The van der Waals surface area contributed by atoms with E-state index in [0.717, 1.165) is 12.8 Å². The van der Waals surface area contributed by atoms with Crippen LogP contribution < -0.4 is 11.1 Å². The van der Waals surface area contributed by atoms with Gasteiger partial charge < -0.3 is 11.1 Å². The van der Waals surface area contributed by atoms with Gasteiger partial charge in [-0.05, 0) is 25.0 Å². The highest BCUT2D eigenvalue weighted by Gasteiger charge is 2.30. The molecule has 0 bridgehead atoms. The third-order valence-corrected chi connectivity index (χ3v) is 2.24. The van der Waals surface area contributed by atoms with E-state index in [1.165, 1.54) is 12.1 Å². The summed E-state index contributed by atoms with van der Waals surface area (Å²) < 4.78 is 13.2. The third kappa shape index (κ3) is 1.69. The highest BCUT2D eigenvalue weighted by Crippen LogP contribution is 2.31. The molecule has 3 N–H and O–H groups in total. The van der Waals surface area contributed by atoms with E-state index in [4.69, 9.17) is 5.73 Å². The zero-order valence-corrected chi connectivity index (χ0v) is 7.59. The summed E-state index contributed by atoms with van der Waals surface area (Å²) >= 11 is 0. The first-order valence-electron chi connectivity index (χ1n) is 4.53. The molecule has 4 heteroatoms. The summed E-state index contributed by atoms with van der Waals surface area (Å²) in [5, 5.41) is 2.50. The number of benzene rings is 1. The Morgan fingerprint density at radius 1 is 1.50 bits per heavy atom. The van der Waals surface area contributed by atoms with Gasteiger partial charge in [-0.3, -0.25) is 4.79 Å². The molecule has 0 spiro atoms. The Kier molecular flexibility index (Phi) is 2.11. The molecule has 0 aliphatic heterocycles. The molecule has 1 aromatic rings. The van der Waals surface area contributed by atoms with Crippen LogP contribution in [-0.4, -0.2) is 5.91 Å². The smallest absolute Gasteiger partial charge is 0.227 e. The lowest BCUT2D eigenvalue weighted by atomic mass is 10.2. The molecule has 74 valence electrons. The van der Waals surface area contributed by atoms with E-state index in [1.54, 1.807) is 6.07 Å². The predicted octanol–water partition coefficient (Wildman–Crippen LogP) is 1.76. The van der Waals surface area contributed by atoms with E-state index in [2.05, 4.69) is 5.32 Å². The second-order valence-electron chi connectivity index (χ2n) is 3.47. The number of carbonyl (C=O) groups is 1. The van der Waals surface area contributed by atoms with Crippen molar-refractivity contribution in [1.82, 2.24) is 0 Å². The van der Waals surface area contributed by atoms with E-state index in [0.29, 0.717) is 0 Å². The van der Waals surface area contributed by atoms with Crippen LogP contribution in [0, 0.1) is 11.7 Å². The molecule has 0 saturated heterocycles. The van der Waals surface area contributed by atoms with Gasteiger partial charge in [-0.1, -0.05) is 6.07 Å². The Morgan fingerprint density at radius 2 is 2.21 bits per heavy atom. The van der Waals surface area contributed by atoms with Crippen LogP contribution in [0.15, 0.2) is 18.2 Å². The molecule has 0 heterocycles. The Morgan fingerprint density at radius 3 is 2.79 bits per heavy atom. The molecule has 2 rings (SSSR count). The van der Waals surface area contributed by atoms with Crippen molar-refractivity contribution in [2.75, 3.05) is 11.1 Å². The van der Waals surface area contributed by atoms with Crippen molar-refractivity contribution in [1.29, 1.82) is 0 Å². The molecule has 1 aliphatic carbocycles. The number of amides is 1. The summed E-state index contributed by atoms with van der Waals surface area (Å²) in [5.41, 5.74) is 5.90. The van der Waals surface area contributed by atoms with Crippen molar-refractivity contribution >= 4 is 17.3 Å². The maximum atomic E-state index is 13.2. The number of hydrogen-bond acceptors (Lipinski definition) is 2. The lowest BCUT2D eigenvalue weighted by molar-refractivity contribution is -0.117. The topological polar surface area (TPSA) is 55.1 Å². The zero-order chi connectivity index (χ0) is 10.1. The first-order chi connectivity index (χ1) is 6.68. The number of hydrogen-bond donors (Lipinski definition) is 2. The summed E-state index contributed by atoms with van der Waals surface area (Å²) in [6.45, 7) is 0. The van der Waals surface area contributed by atoms with Crippen molar-refractivity contribution in [2.45, 2.75) is 12.8 Å². The van der Waals surface area contributed by atoms with Crippen molar-refractivity contribution < 1.29 is 9.18 Å². The minimum atomic E-state index is -0.487. The molecule has 1 amide bonds. The molecule has 14 heavy (non-hydrogen) atoms. The number of anilines is 2. The molecule has 0 unspecified atom stereocenters. The number of nitrogens with two attached hydrogens (primary N) is 1. The van der Waals surface area contributed by atoms with Gasteiger partial charge in [0.15, 0.2) is 0 Å². The molecule has 1 aliphatic rings. The van der Waals surface area contributed by atoms with Crippen LogP contribution in [0.4, 0.5) is 15.8 Å². The first kappa shape index (κ1) is 8.99. The van der Waals surface area contributed by atoms with Gasteiger partial charge in [-0.2, -0.15) is 0 Å². The van der Waals surface area contributed by atoms with Crippen molar-refractivity contribution in [3.63, 3.8) is 0 Å². The van der Waals surface area contributed by atoms with Crippen LogP contribution >= 0.6 is 0 Å². The van der Waals surface area contributed by atoms with Gasteiger partial charge in [-0.25, -0.2) is 4.39 Å². The fourth-order valence-corrected chi connectivity index (χ4v) is 1.24. The standard InChI is InChI=1S/C10H11FN2O/c11-7-2-1-3-8(12)9(7)13-10(14)6-4-5-6/h1-3,6H,4-5,12H2,(H,13,14). The quantitative estimate of drug-likeness (QED) is 0.705. The number of nitrogen functional groups attached to an aromatic ring is 1. The van der Waals surface area contributed by atoms with Crippen molar-refractivity contribution in [2.24, 2.45) is 5.92 Å². The van der Waals surface area contributed by atoms with E-state index in [-0.39, 0.29) is 23.2 Å². The Balaban J connectivity index is 2.18. The molecule has 0 radical (unpaired) electrons. The average Bonchev–Trinajstić information content (AvgIpc) is 2.94. The van der Waals surface area contributed by atoms with Gasteiger partial charge >= 0.3 is 0 Å². The molecule has 1 saturated carbocycles. The predicted molar refractivity (Wildman–Crippen MR) is 52.2 cm³/mol. The average molecular weight is 194 g/mol. The van der Waals surface area contributed by atoms with Gasteiger partial charge in [-0.15, -0.1) is 0 Å². The van der Waals surface area contributed by atoms with Gasteiger partial charge in [0.05, 0.1) is 5.69 Å². The molecule has 3 nitrogen and oxygen atoms in total. The Bertz CT molecular complexity index is 354. The second-order valence-corrected chi connectivity index (χ2v) is 3.47. The van der Waals surface area contributed by atoms with Crippen LogP contribution in [0.3, 0.4) is 0 Å². The Labute approximate surface area is 81.1 Å². The second kappa shape index (κ2) is 3.29. The molecular formula is C10H11FN2O. The third-order valence-electron chi connectivity index (χ3n) is 2.24. The van der Waals surface area contributed by atoms with Gasteiger partial charge in [0.25, 0.3) is 0 Å². The lowest BCUT2D eigenvalue weighted by Gasteiger charge is -2.07. The Hall–Kier alpha value is -1.58. The fourth-order valence-electron chi connectivity index (χ4n) is 1.24. The molecule has 1 aromatic carbocycles. The van der Waals surface area contributed by atoms with E-state index >= 15 is 0 Å². The number of halogens is 1. The van der Waals surface area contributed by atoms with E-state index in [1.807, 2.05) is 0 Å². The van der Waals surface area contributed by atoms with Crippen molar-refractivity contribution in [3.05, 3.63) is 24.0 Å². The molecular weight excluding hydrogens is 183 g/mol. The maximum absolute atomic E-state index is 13.2. The van der Waals surface area contributed by atoms with Crippen LogP contribution in [0.1, 0.15) is 12.8 Å². The number of rotatable bonds is 2. The van der Waals surface area contributed by atoms with Crippen LogP contribution in [0.5, 0.6) is 0 Å². The molecule has 1 fully saturated rings. The van der Waals surface area contributed by atoms with Gasteiger partial charge in [0.2, 0.25) is 5.91 Å². The SMILES string of the molecule is Nc1cccc(F)c1NC(=O)C1CC1. The molecule has 0 aromatic heterocycles. The van der Waals surface area contributed by atoms with Crippen LogP contribution in [-0.2, 0) is 4.79 Å². The maximum Gasteiger partial charge on any atom is 0.227 e. The first-order valence-corrected chi connectivity index (χ1v) is 4.53. The summed E-state index contributed by atoms with van der Waals surface area (Å²) in [7, 11) is 0. The molecule has 0 atom stereocenters. The fraction of sp³-hybridized carbons (Fsp3) is 0.300. The number of para-hydroxylation sites is 1. The van der Waals surface area contributed by atoms with Crippen molar-refractivity contribution in [3.8, 4) is 0 Å². The summed E-state index contributed by atoms with van der Waals surface area (Å²) in [6.07, 6.45) is 1.78. The largest absolute Gasteiger partial charge is 0.397 e. The minimum Gasteiger partial charge on any atom is -0.397 e. The summed E-state index contributed by atoms with van der Waals surface area (Å²) in [5.74, 6) is -0.574. The number of nitrogens with one attached hydrogen (secondary N) is 1. The van der Waals surface area contributed by atoms with Crippen LogP contribution in [0.25, 0.3) is 0 Å². The minimum absolute atomic E-state index is 0.0500. The van der Waals surface area contributed by atoms with Gasteiger partial charge in [0.1, 0.15) is 11.5 Å². The zero-order valence-electron chi connectivity index (χ0n) is 7.59. The lowest BCUT2D eigenvalue weighted by Crippen LogP contribution is -2.15. The normalized spacial score (nSPS) is 15.2. The van der Waals surface area contributed by atoms with E-state index in [9.17, 15) is 9.18 Å². The highest BCUT2D eigenvalue weighted by atomic mass is 19.1. The van der Waals surface area contributed by atoms with Crippen LogP contribution in [0.2, 0.25) is 0 Å². The number of carbonyl (C=O) groups excluding carboxylic acids is 1. The summed E-state index contributed by atoms with van der Waals surface area (Å²) in [6, 6.07) is 4.35. The highest BCUT2D eigenvalue weighted by molar-refractivity contribution is 5.96. The van der Waals surface area contributed by atoms with E-state index < -0.39 is 5.82 Å².